The topological polar surface area (TPSA) is 110 Å². The van der Waals surface area contributed by atoms with E-state index < -0.39 is 21.7 Å². The highest BCUT2D eigenvalue weighted by atomic mass is 32.2. The van der Waals surface area contributed by atoms with Crippen LogP contribution in [-0.2, 0) is 14.8 Å². The third-order valence-electron chi connectivity index (χ3n) is 4.50. The minimum atomic E-state index is -4.05. The van der Waals surface area contributed by atoms with Gasteiger partial charge in [0.2, 0.25) is 11.9 Å². The van der Waals surface area contributed by atoms with E-state index >= 15 is 0 Å². The van der Waals surface area contributed by atoms with Gasteiger partial charge in [-0.05, 0) is 48.9 Å². The van der Waals surface area contributed by atoms with Crippen molar-refractivity contribution in [2.75, 3.05) is 11.9 Å². The summed E-state index contributed by atoms with van der Waals surface area (Å²) in [6.07, 6.45) is 6.21. The Balaban J connectivity index is 1.88. The zero-order valence-electron chi connectivity index (χ0n) is 17.9. The maximum atomic E-state index is 14.4. The lowest BCUT2D eigenvalue weighted by Crippen LogP contribution is -2.30. The van der Waals surface area contributed by atoms with Gasteiger partial charge in [0.15, 0.2) is 5.82 Å². The molecule has 170 valence electrons. The molecule has 3 aromatic rings. The van der Waals surface area contributed by atoms with Crippen LogP contribution in [0, 0.1) is 25.1 Å². The van der Waals surface area contributed by atoms with E-state index in [9.17, 15) is 17.6 Å². The molecule has 0 spiro atoms. The van der Waals surface area contributed by atoms with Crippen LogP contribution in [0.4, 0.5) is 16.0 Å². The highest BCUT2D eigenvalue weighted by molar-refractivity contribution is 7.90. The molecule has 0 saturated heterocycles. The highest BCUT2D eigenvalue weighted by Crippen LogP contribution is 2.26. The zero-order chi connectivity index (χ0) is 24.0. The number of terminal acetylenes is 1. The SMILES string of the molecule is C#CCOc1ccc(-c2nc(Nc3ccc(C)c(S(=O)(=O)NC(=O)CC)c3)ncc2F)cc1. The van der Waals surface area contributed by atoms with Gasteiger partial charge in [-0.15, -0.1) is 6.42 Å². The maximum Gasteiger partial charge on any atom is 0.264 e. The second-order valence-electron chi connectivity index (χ2n) is 6.89. The van der Waals surface area contributed by atoms with Crippen molar-refractivity contribution < 1.29 is 22.3 Å². The molecule has 1 amide bonds. The fourth-order valence-corrected chi connectivity index (χ4v) is 4.17. The predicted octanol–water partition coefficient (Wildman–Crippen LogP) is 3.56. The molecule has 0 aliphatic carbocycles. The number of carbonyl (C=O) groups is 1. The van der Waals surface area contributed by atoms with Crippen molar-refractivity contribution in [3.05, 3.63) is 60.0 Å². The van der Waals surface area contributed by atoms with Crippen LogP contribution in [0.3, 0.4) is 0 Å². The van der Waals surface area contributed by atoms with Gasteiger partial charge in [-0.3, -0.25) is 4.79 Å². The Hall–Kier alpha value is -3.97. The molecule has 10 heteroatoms. The molecular formula is C23H21FN4O4S. The third-order valence-corrected chi connectivity index (χ3v) is 6.01. The number of nitrogens with zero attached hydrogens (tertiary/aromatic N) is 2. The number of benzene rings is 2. The van der Waals surface area contributed by atoms with Crippen LogP contribution in [0.1, 0.15) is 18.9 Å². The van der Waals surface area contributed by atoms with Crippen LogP contribution in [0.2, 0.25) is 0 Å². The van der Waals surface area contributed by atoms with E-state index in [2.05, 4.69) is 21.2 Å². The molecule has 3 rings (SSSR count). The molecule has 0 aliphatic heterocycles. The maximum absolute atomic E-state index is 14.4. The molecule has 0 atom stereocenters. The number of amides is 1. The van der Waals surface area contributed by atoms with E-state index in [1.165, 1.54) is 6.07 Å². The third kappa shape index (κ3) is 5.84. The molecule has 0 fully saturated rings. The Morgan fingerprint density at radius 3 is 2.61 bits per heavy atom. The first-order chi connectivity index (χ1) is 15.7. The molecule has 2 N–H and O–H groups in total. The molecule has 0 aliphatic rings. The summed E-state index contributed by atoms with van der Waals surface area (Å²) in [5, 5.41) is 2.87. The molecule has 0 unspecified atom stereocenters. The van der Waals surface area contributed by atoms with E-state index in [1.807, 2.05) is 4.72 Å². The monoisotopic (exact) mass is 468 g/mol. The fourth-order valence-electron chi connectivity index (χ4n) is 2.84. The molecule has 0 radical (unpaired) electrons. The summed E-state index contributed by atoms with van der Waals surface area (Å²) in [6, 6.07) is 11.1. The summed E-state index contributed by atoms with van der Waals surface area (Å²) in [4.78, 5) is 19.7. The van der Waals surface area contributed by atoms with Crippen LogP contribution in [0.25, 0.3) is 11.3 Å². The van der Waals surface area contributed by atoms with Gasteiger partial charge in [-0.25, -0.2) is 27.5 Å². The quantitative estimate of drug-likeness (QED) is 0.487. The lowest BCUT2D eigenvalue weighted by molar-refractivity contribution is -0.119. The number of nitrogens with one attached hydrogen (secondary N) is 2. The molecule has 0 bridgehead atoms. The van der Waals surface area contributed by atoms with Crippen LogP contribution in [0.5, 0.6) is 5.75 Å². The average Bonchev–Trinajstić information content (AvgIpc) is 2.80. The van der Waals surface area contributed by atoms with Gasteiger partial charge in [0.25, 0.3) is 10.0 Å². The van der Waals surface area contributed by atoms with Gasteiger partial charge in [-0.1, -0.05) is 18.9 Å². The molecule has 2 aromatic carbocycles. The number of hydrogen-bond donors (Lipinski definition) is 2. The molecule has 1 heterocycles. The summed E-state index contributed by atoms with van der Waals surface area (Å²) in [5.74, 6) is 1.71. The molecule has 1 aromatic heterocycles. The summed E-state index contributed by atoms with van der Waals surface area (Å²) in [5.41, 5.74) is 1.33. The highest BCUT2D eigenvalue weighted by Gasteiger charge is 2.20. The molecule has 0 saturated carbocycles. The van der Waals surface area contributed by atoms with Crippen molar-refractivity contribution in [2.45, 2.75) is 25.2 Å². The summed E-state index contributed by atoms with van der Waals surface area (Å²) in [6.45, 7) is 3.28. The van der Waals surface area contributed by atoms with E-state index in [1.54, 1.807) is 50.2 Å². The van der Waals surface area contributed by atoms with Gasteiger partial charge in [-0.2, -0.15) is 0 Å². The Morgan fingerprint density at radius 1 is 1.21 bits per heavy atom. The number of anilines is 2. The van der Waals surface area contributed by atoms with Crippen LogP contribution in [-0.4, -0.2) is 30.9 Å². The van der Waals surface area contributed by atoms with Gasteiger partial charge in [0.1, 0.15) is 18.1 Å². The van der Waals surface area contributed by atoms with Crippen molar-refractivity contribution in [3.8, 4) is 29.4 Å². The lowest BCUT2D eigenvalue weighted by atomic mass is 10.1. The average molecular weight is 469 g/mol. The fraction of sp³-hybridized carbons (Fsp3) is 0.174. The number of ether oxygens (including phenoxy) is 1. The lowest BCUT2D eigenvalue weighted by Gasteiger charge is -2.12. The summed E-state index contributed by atoms with van der Waals surface area (Å²) in [7, 11) is -4.05. The minimum Gasteiger partial charge on any atom is -0.481 e. The van der Waals surface area contributed by atoms with Crippen molar-refractivity contribution >= 4 is 27.6 Å². The number of aryl methyl sites for hydroxylation is 1. The van der Waals surface area contributed by atoms with Gasteiger partial charge in [0.05, 0.1) is 11.1 Å². The van der Waals surface area contributed by atoms with Crippen LogP contribution < -0.4 is 14.8 Å². The van der Waals surface area contributed by atoms with Crippen molar-refractivity contribution in [2.24, 2.45) is 0 Å². The molecular weight excluding hydrogens is 447 g/mol. The Bertz CT molecular complexity index is 1320. The van der Waals surface area contributed by atoms with Crippen LogP contribution >= 0.6 is 0 Å². The van der Waals surface area contributed by atoms with Gasteiger partial charge >= 0.3 is 0 Å². The first-order valence-electron chi connectivity index (χ1n) is 9.86. The number of rotatable bonds is 8. The molecule has 8 nitrogen and oxygen atoms in total. The number of aromatic nitrogens is 2. The Morgan fingerprint density at radius 2 is 1.94 bits per heavy atom. The molecule has 33 heavy (non-hydrogen) atoms. The summed E-state index contributed by atoms with van der Waals surface area (Å²) < 4.78 is 46.8. The van der Waals surface area contributed by atoms with E-state index in [0.717, 1.165) is 6.20 Å². The zero-order valence-corrected chi connectivity index (χ0v) is 18.7. The van der Waals surface area contributed by atoms with Crippen molar-refractivity contribution in [1.82, 2.24) is 14.7 Å². The van der Waals surface area contributed by atoms with Crippen molar-refractivity contribution in [3.63, 3.8) is 0 Å². The minimum absolute atomic E-state index is 0.0272. The van der Waals surface area contributed by atoms with Crippen molar-refractivity contribution in [1.29, 1.82) is 0 Å². The largest absolute Gasteiger partial charge is 0.481 e. The Labute approximate surface area is 191 Å². The normalized spacial score (nSPS) is 10.8. The van der Waals surface area contributed by atoms with Gasteiger partial charge in [0, 0.05) is 17.7 Å². The standard InChI is InChI=1S/C23H21FN4O4S/c1-4-12-32-18-10-7-16(8-11-18)22-19(24)14-25-23(27-22)26-17-9-6-15(3)20(13-17)33(30,31)28-21(29)5-2/h1,6-11,13-14H,5,12H2,2-3H3,(H,28,29)(H,25,26,27). The number of carbonyl (C=O) groups excluding carboxylic acids is 1. The van der Waals surface area contributed by atoms with Gasteiger partial charge < -0.3 is 10.1 Å². The second-order valence-corrected chi connectivity index (χ2v) is 8.55. The smallest absolute Gasteiger partial charge is 0.264 e. The van der Waals surface area contributed by atoms with E-state index in [0.29, 0.717) is 22.6 Å². The second kappa shape index (κ2) is 10.1. The number of sulfonamides is 1. The predicted molar refractivity (Wildman–Crippen MR) is 122 cm³/mol. The van der Waals surface area contributed by atoms with E-state index in [-0.39, 0.29) is 29.6 Å². The number of hydrogen-bond acceptors (Lipinski definition) is 7. The van der Waals surface area contributed by atoms with Crippen LogP contribution in [0.15, 0.2) is 53.6 Å². The Kier molecular flexibility index (Phi) is 7.25. The van der Waals surface area contributed by atoms with E-state index in [4.69, 9.17) is 11.2 Å². The number of halogens is 1. The first-order valence-corrected chi connectivity index (χ1v) is 11.3. The summed E-state index contributed by atoms with van der Waals surface area (Å²) >= 11 is 0. The first kappa shape index (κ1) is 23.7.